The summed E-state index contributed by atoms with van der Waals surface area (Å²) in [6.45, 7) is 0.687. The summed E-state index contributed by atoms with van der Waals surface area (Å²) in [6, 6.07) is 10.8. The van der Waals surface area contributed by atoms with Gasteiger partial charge < -0.3 is 21.4 Å². The average molecular weight is 370 g/mol. The van der Waals surface area contributed by atoms with E-state index in [-0.39, 0.29) is 12.5 Å². The van der Waals surface area contributed by atoms with Crippen molar-refractivity contribution in [3.8, 4) is 11.1 Å². The fourth-order valence-corrected chi connectivity index (χ4v) is 2.79. The quantitative estimate of drug-likeness (QED) is 0.478. The number of amides is 1. The lowest BCUT2D eigenvalue weighted by atomic mass is 10.0. The topological polar surface area (TPSA) is 94.8 Å². The first-order chi connectivity index (χ1) is 13.0. The van der Waals surface area contributed by atoms with Crippen LogP contribution in [0.1, 0.15) is 23.3 Å². The van der Waals surface area contributed by atoms with Crippen molar-refractivity contribution in [3.63, 3.8) is 0 Å². The van der Waals surface area contributed by atoms with Crippen molar-refractivity contribution in [2.24, 2.45) is 5.73 Å². The predicted molar refractivity (Wildman–Crippen MR) is 102 cm³/mol. The van der Waals surface area contributed by atoms with Gasteiger partial charge in [0.2, 0.25) is 0 Å². The molecule has 5 N–H and O–H groups in total. The third-order valence-electron chi connectivity index (χ3n) is 4.27. The molecule has 3 rings (SSSR count). The van der Waals surface area contributed by atoms with Crippen molar-refractivity contribution in [3.05, 3.63) is 59.8 Å². The van der Waals surface area contributed by atoms with Crippen LogP contribution in [0.15, 0.2) is 42.5 Å². The van der Waals surface area contributed by atoms with Crippen LogP contribution in [0.2, 0.25) is 0 Å². The SMILES string of the molecule is N=C(CCCN)CNC(=O)c1cc2ccc(-c3ccc(F)c(F)c3)cc2[nH]1. The summed E-state index contributed by atoms with van der Waals surface area (Å²) < 4.78 is 26.6. The molecule has 1 aromatic heterocycles. The molecule has 0 aliphatic carbocycles. The minimum Gasteiger partial charge on any atom is -0.351 e. The number of nitrogens with two attached hydrogens (primary N) is 1. The number of hydrogen-bond donors (Lipinski definition) is 4. The minimum atomic E-state index is -0.906. The molecule has 0 radical (unpaired) electrons. The van der Waals surface area contributed by atoms with Crippen molar-refractivity contribution in [1.29, 1.82) is 5.41 Å². The van der Waals surface area contributed by atoms with Crippen LogP contribution in [0.3, 0.4) is 0 Å². The monoisotopic (exact) mass is 370 g/mol. The first-order valence-electron chi connectivity index (χ1n) is 8.60. The van der Waals surface area contributed by atoms with E-state index in [1.165, 1.54) is 6.07 Å². The maximum absolute atomic E-state index is 13.5. The van der Waals surface area contributed by atoms with Crippen LogP contribution >= 0.6 is 0 Å². The molecule has 5 nitrogen and oxygen atoms in total. The van der Waals surface area contributed by atoms with Gasteiger partial charge in [0.15, 0.2) is 11.6 Å². The second kappa shape index (κ2) is 8.09. The molecule has 0 unspecified atom stereocenters. The number of rotatable bonds is 7. The first kappa shape index (κ1) is 18.7. The van der Waals surface area contributed by atoms with Gasteiger partial charge in [0.1, 0.15) is 5.69 Å². The zero-order valence-corrected chi connectivity index (χ0v) is 14.6. The molecule has 2 aromatic carbocycles. The van der Waals surface area contributed by atoms with Crippen molar-refractivity contribution < 1.29 is 13.6 Å². The van der Waals surface area contributed by atoms with Crippen LogP contribution < -0.4 is 11.1 Å². The molecular formula is C20H20F2N4O. The Kier molecular flexibility index (Phi) is 5.61. The number of hydrogen-bond acceptors (Lipinski definition) is 3. The number of carbonyl (C=O) groups excluding carboxylic acids is 1. The third-order valence-corrected chi connectivity index (χ3v) is 4.27. The Balaban J connectivity index is 1.76. The Labute approximate surface area is 155 Å². The van der Waals surface area contributed by atoms with Crippen LogP contribution in [0.25, 0.3) is 22.0 Å². The number of benzene rings is 2. The molecule has 7 heteroatoms. The predicted octanol–water partition coefficient (Wildman–Crippen LogP) is 3.60. The van der Waals surface area contributed by atoms with Crippen molar-refractivity contribution in [1.82, 2.24) is 10.3 Å². The number of fused-ring (bicyclic) bond motifs is 1. The fourth-order valence-electron chi connectivity index (χ4n) is 2.79. The molecule has 3 aromatic rings. The normalized spacial score (nSPS) is 10.9. The van der Waals surface area contributed by atoms with E-state index < -0.39 is 11.6 Å². The fraction of sp³-hybridized carbons (Fsp3) is 0.200. The summed E-state index contributed by atoms with van der Waals surface area (Å²) in [7, 11) is 0. The van der Waals surface area contributed by atoms with Gasteiger partial charge in [-0.2, -0.15) is 0 Å². The lowest BCUT2D eigenvalue weighted by Crippen LogP contribution is -2.29. The van der Waals surface area contributed by atoms with Crippen LogP contribution in [0.4, 0.5) is 8.78 Å². The molecule has 27 heavy (non-hydrogen) atoms. The zero-order valence-electron chi connectivity index (χ0n) is 14.6. The Morgan fingerprint density at radius 3 is 2.56 bits per heavy atom. The molecule has 140 valence electrons. The zero-order chi connectivity index (χ0) is 19.4. The summed E-state index contributed by atoms with van der Waals surface area (Å²) >= 11 is 0. The van der Waals surface area contributed by atoms with Gasteiger partial charge in [-0.3, -0.25) is 4.79 Å². The van der Waals surface area contributed by atoms with Crippen molar-refractivity contribution >= 4 is 22.5 Å². The lowest BCUT2D eigenvalue weighted by Gasteiger charge is -2.05. The van der Waals surface area contributed by atoms with Gasteiger partial charge >= 0.3 is 0 Å². The van der Waals surface area contributed by atoms with Crippen LogP contribution in [0, 0.1) is 17.0 Å². The standard InChI is InChI=1S/C20H20F2N4O/c21-16-6-5-12(8-17(16)22)13-3-4-14-10-19(26-18(14)9-13)20(27)25-11-15(24)2-1-7-23/h3-6,8-10,24,26H,1-2,7,11,23H2,(H,25,27). The maximum atomic E-state index is 13.5. The van der Waals surface area contributed by atoms with Crippen LogP contribution in [-0.4, -0.2) is 29.7 Å². The molecular weight excluding hydrogens is 350 g/mol. The summed E-state index contributed by atoms with van der Waals surface area (Å²) in [5, 5.41) is 11.3. The van der Waals surface area contributed by atoms with Crippen molar-refractivity contribution in [2.75, 3.05) is 13.1 Å². The van der Waals surface area contributed by atoms with E-state index in [4.69, 9.17) is 11.1 Å². The minimum absolute atomic E-state index is 0.175. The van der Waals surface area contributed by atoms with E-state index in [0.717, 1.165) is 17.5 Å². The van der Waals surface area contributed by atoms with E-state index in [1.807, 2.05) is 6.07 Å². The van der Waals surface area contributed by atoms with Crippen LogP contribution in [0.5, 0.6) is 0 Å². The second-order valence-electron chi connectivity index (χ2n) is 6.29. The number of carbonyl (C=O) groups is 1. The summed E-state index contributed by atoms with van der Waals surface area (Å²) in [4.78, 5) is 15.3. The lowest BCUT2D eigenvalue weighted by molar-refractivity contribution is 0.0955. The van der Waals surface area contributed by atoms with Gasteiger partial charge in [-0.15, -0.1) is 0 Å². The number of aromatic nitrogens is 1. The van der Waals surface area contributed by atoms with Gasteiger partial charge in [-0.1, -0.05) is 18.2 Å². The first-order valence-corrected chi connectivity index (χ1v) is 8.60. The number of halogens is 2. The molecule has 0 saturated carbocycles. The summed E-state index contributed by atoms with van der Waals surface area (Å²) in [5.74, 6) is -2.11. The molecule has 1 heterocycles. The Bertz CT molecular complexity index is 997. The molecule has 0 saturated heterocycles. The summed E-state index contributed by atoms with van der Waals surface area (Å²) in [6.07, 6.45) is 1.27. The molecule has 0 spiro atoms. The highest BCUT2D eigenvalue weighted by Crippen LogP contribution is 2.26. The number of nitrogens with one attached hydrogen (secondary N) is 3. The molecule has 0 fully saturated rings. The van der Waals surface area contributed by atoms with E-state index in [1.54, 1.807) is 18.2 Å². The third kappa shape index (κ3) is 4.38. The Morgan fingerprint density at radius 2 is 1.81 bits per heavy atom. The smallest absolute Gasteiger partial charge is 0.268 e. The largest absolute Gasteiger partial charge is 0.351 e. The number of aromatic amines is 1. The van der Waals surface area contributed by atoms with E-state index in [2.05, 4.69) is 10.3 Å². The van der Waals surface area contributed by atoms with Gasteiger partial charge in [-0.25, -0.2) is 8.78 Å². The Hall–Kier alpha value is -3.06. The van der Waals surface area contributed by atoms with E-state index in [9.17, 15) is 13.6 Å². The van der Waals surface area contributed by atoms with E-state index >= 15 is 0 Å². The van der Waals surface area contributed by atoms with Gasteiger partial charge in [-0.05, 0) is 54.8 Å². The van der Waals surface area contributed by atoms with E-state index in [0.29, 0.717) is 47.4 Å². The van der Waals surface area contributed by atoms with Gasteiger partial charge in [0.25, 0.3) is 5.91 Å². The molecule has 0 bridgehead atoms. The highest BCUT2D eigenvalue weighted by molar-refractivity contribution is 6.00. The Morgan fingerprint density at radius 1 is 1.07 bits per heavy atom. The molecule has 0 aliphatic rings. The average Bonchev–Trinajstić information content (AvgIpc) is 3.10. The van der Waals surface area contributed by atoms with Gasteiger partial charge in [0.05, 0.1) is 6.54 Å². The second-order valence-corrected chi connectivity index (χ2v) is 6.29. The summed E-state index contributed by atoms with van der Waals surface area (Å²) in [5.41, 5.74) is 8.17. The maximum Gasteiger partial charge on any atom is 0.268 e. The highest BCUT2D eigenvalue weighted by atomic mass is 19.2. The molecule has 0 aliphatic heterocycles. The molecule has 1 amide bonds. The molecule has 0 atom stereocenters. The van der Waals surface area contributed by atoms with Crippen LogP contribution in [-0.2, 0) is 0 Å². The van der Waals surface area contributed by atoms with Gasteiger partial charge in [0, 0.05) is 16.6 Å². The van der Waals surface area contributed by atoms with Crippen molar-refractivity contribution in [2.45, 2.75) is 12.8 Å². The highest BCUT2D eigenvalue weighted by Gasteiger charge is 2.11. The number of H-pyrrole nitrogens is 1.